The normalized spacial score (nSPS) is 10.5. The first-order valence-electron chi connectivity index (χ1n) is 8.69. The molecule has 7 nitrogen and oxygen atoms in total. The largest absolute Gasteiger partial charge is 0.340 e. The number of carbonyl (C=O) groups excluding carboxylic acids is 1. The summed E-state index contributed by atoms with van der Waals surface area (Å²) in [6.45, 7) is 5.73. The molecule has 0 radical (unpaired) electrons. The molecule has 0 spiro atoms. The van der Waals surface area contributed by atoms with Crippen molar-refractivity contribution >= 4 is 34.7 Å². The van der Waals surface area contributed by atoms with Gasteiger partial charge in [-0.1, -0.05) is 13.8 Å². The molecule has 1 aromatic carbocycles. The quantitative estimate of drug-likeness (QED) is 0.607. The van der Waals surface area contributed by atoms with Gasteiger partial charge in [-0.15, -0.1) is 0 Å². The number of hydrogen-bond acceptors (Lipinski definition) is 6. The third-order valence-electron chi connectivity index (χ3n) is 3.79. The van der Waals surface area contributed by atoms with Gasteiger partial charge in [0, 0.05) is 29.6 Å². The molecule has 0 bridgehead atoms. The molecule has 3 N–H and O–H groups in total. The predicted molar refractivity (Wildman–Crippen MR) is 107 cm³/mol. The SMILES string of the molecule is Cc1ccnc(Nc2cc(Nc3ccc(NC(=O)C(C)C)cc3)ncn2)c1. The standard InChI is InChI=1S/C20H22N6O/c1-13(2)20(27)25-16-6-4-15(5-7-16)24-18-11-19(23-12-22-18)26-17-10-14(3)8-9-21-17/h4-13H,1-3H3,(H,25,27)(H2,21,22,23,24,26). The number of benzene rings is 1. The van der Waals surface area contributed by atoms with E-state index in [1.165, 1.54) is 6.33 Å². The number of anilines is 5. The Morgan fingerprint density at radius 1 is 0.852 bits per heavy atom. The van der Waals surface area contributed by atoms with Gasteiger partial charge in [-0.3, -0.25) is 4.79 Å². The lowest BCUT2D eigenvalue weighted by Crippen LogP contribution is -2.17. The first-order valence-corrected chi connectivity index (χ1v) is 8.69. The number of nitrogens with zero attached hydrogens (tertiary/aromatic N) is 3. The monoisotopic (exact) mass is 362 g/mol. The lowest BCUT2D eigenvalue weighted by Gasteiger charge is -2.10. The van der Waals surface area contributed by atoms with Gasteiger partial charge >= 0.3 is 0 Å². The summed E-state index contributed by atoms with van der Waals surface area (Å²) in [7, 11) is 0. The number of carbonyl (C=O) groups is 1. The van der Waals surface area contributed by atoms with Crippen LogP contribution in [-0.4, -0.2) is 20.9 Å². The van der Waals surface area contributed by atoms with Gasteiger partial charge < -0.3 is 16.0 Å². The summed E-state index contributed by atoms with van der Waals surface area (Å²) >= 11 is 0. The summed E-state index contributed by atoms with van der Waals surface area (Å²) in [6, 6.07) is 13.1. The van der Waals surface area contributed by atoms with Crippen molar-refractivity contribution in [2.45, 2.75) is 20.8 Å². The molecular weight excluding hydrogens is 340 g/mol. The molecule has 2 heterocycles. The van der Waals surface area contributed by atoms with Crippen molar-refractivity contribution in [2.75, 3.05) is 16.0 Å². The van der Waals surface area contributed by atoms with Gasteiger partial charge in [-0.05, 0) is 48.9 Å². The second-order valence-electron chi connectivity index (χ2n) is 6.48. The Bertz CT molecular complexity index is 924. The van der Waals surface area contributed by atoms with Crippen LogP contribution in [0.15, 0.2) is 55.0 Å². The van der Waals surface area contributed by atoms with Crippen molar-refractivity contribution in [1.29, 1.82) is 0 Å². The Balaban J connectivity index is 1.66. The molecule has 0 fully saturated rings. The minimum absolute atomic E-state index is 0.00742. The van der Waals surface area contributed by atoms with Crippen LogP contribution in [0.25, 0.3) is 0 Å². The zero-order chi connectivity index (χ0) is 19.2. The maximum atomic E-state index is 11.7. The number of rotatable bonds is 6. The Kier molecular flexibility index (Phi) is 5.61. The van der Waals surface area contributed by atoms with E-state index in [0.29, 0.717) is 11.6 Å². The molecule has 2 aromatic heterocycles. The number of aromatic nitrogens is 3. The van der Waals surface area contributed by atoms with E-state index in [-0.39, 0.29) is 11.8 Å². The first-order chi connectivity index (χ1) is 13.0. The average Bonchev–Trinajstić information content (AvgIpc) is 2.63. The number of nitrogens with one attached hydrogen (secondary N) is 3. The van der Waals surface area contributed by atoms with Crippen LogP contribution in [-0.2, 0) is 4.79 Å². The van der Waals surface area contributed by atoms with Crippen molar-refractivity contribution in [3.8, 4) is 0 Å². The van der Waals surface area contributed by atoms with E-state index in [9.17, 15) is 4.79 Å². The van der Waals surface area contributed by atoms with E-state index in [4.69, 9.17) is 0 Å². The molecule has 0 atom stereocenters. The summed E-state index contributed by atoms with van der Waals surface area (Å²) in [5, 5.41) is 9.25. The van der Waals surface area contributed by atoms with E-state index >= 15 is 0 Å². The molecule has 1 amide bonds. The molecule has 0 aliphatic carbocycles. The van der Waals surface area contributed by atoms with E-state index in [1.54, 1.807) is 12.3 Å². The molecule has 0 saturated heterocycles. The fraction of sp³-hybridized carbons (Fsp3) is 0.200. The van der Waals surface area contributed by atoms with Gasteiger partial charge in [0.05, 0.1) is 0 Å². The highest BCUT2D eigenvalue weighted by Gasteiger charge is 2.07. The van der Waals surface area contributed by atoms with Crippen molar-refractivity contribution in [2.24, 2.45) is 5.92 Å². The van der Waals surface area contributed by atoms with Crippen LogP contribution in [0.3, 0.4) is 0 Å². The van der Waals surface area contributed by atoms with Gasteiger partial charge in [0.2, 0.25) is 5.91 Å². The fourth-order valence-electron chi connectivity index (χ4n) is 2.30. The Morgan fingerprint density at radius 2 is 1.48 bits per heavy atom. The van der Waals surface area contributed by atoms with Crippen LogP contribution < -0.4 is 16.0 Å². The van der Waals surface area contributed by atoms with Crippen LogP contribution >= 0.6 is 0 Å². The predicted octanol–water partition coefficient (Wildman–Crippen LogP) is 4.26. The van der Waals surface area contributed by atoms with Crippen LogP contribution in [0.1, 0.15) is 19.4 Å². The lowest BCUT2D eigenvalue weighted by atomic mass is 10.2. The molecule has 7 heteroatoms. The van der Waals surface area contributed by atoms with Crippen molar-refractivity contribution in [1.82, 2.24) is 15.0 Å². The number of hydrogen-bond donors (Lipinski definition) is 3. The molecule has 3 aromatic rings. The number of pyridine rings is 1. The Hall–Kier alpha value is -3.48. The maximum absolute atomic E-state index is 11.7. The third kappa shape index (κ3) is 5.24. The van der Waals surface area contributed by atoms with E-state index in [1.807, 2.05) is 57.2 Å². The van der Waals surface area contributed by atoms with Crippen LogP contribution in [0.4, 0.5) is 28.8 Å². The summed E-state index contributed by atoms with van der Waals surface area (Å²) in [5.74, 6) is 1.96. The summed E-state index contributed by atoms with van der Waals surface area (Å²) in [6.07, 6.45) is 3.23. The highest BCUT2D eigenvalue weighted by molar-refractivity contribution is 5.92. The minimum Gasteiger partial charge on any atom is -0.340 e. The summed E-state index contributed by atoms with van der Waals surface area (Å²) in [4.78, 5) is 24.5. The molecule has 0 unspecified atom stereocenters. The van der Waals surface area contributed by atoms with Crippen molar-refractivity contribution in [3.63, 3.8) is 0 Å². The van der Waals surface area contributed by atoms with Gasteiger partial charge in [0.1, 0.15) is 23.8 Å². The molecule has 138 valence electrons. The Morgan fingerprint density at radius 3 is 2.15 bits per heavy atom. The molecule has 0 saturated carbocycles. The highest BCUT2D eigenvalue weighted by Crippen LogP contribution is 2.20. The second kappa shape index (κ2) is 8.27. The Labute approximate surface area is 158 Å². The van der Waals surface area contributed by atoms with E-state index < -0.39 is 0 Å². The molecule has 27 heavy (non-hydrogen) atoms. The fourth-order valence-corrected chi connectivity index (χ4v) is 2.30. The molecule has 3 rings (SSSR count). The average molecular weight is 362 g/mol. The molecular formula is C20H22N6O. The van der Waals surface area contributed by atoms with E-state index in [2.05, 4.69) is 30.9 Å². The summed E-state index contributed by atoms with van der Waals surface area (Å²) in [5.41, 5.74) is 2.73. The van der Waals surface area contributed by atoms with Crippen LogP contribution in [0.5, 0.6) is 0 Å². The zero-order valence-electron chi connectivity index (χ0n) is 15.5. The van der Waals surface area contributed by atoms with Gasteiger partial charge in [0.25, 0.3) is 0 Å². The summed E-state index contributed by atoms with van der Waals surface area (Å²) < 4.78 is 0. The first kappa shape index (κ1) is 18.3. The van der Waals surface area contributed by atoms with Crippen molar-refractivity contribution < 1.29 is 4.79 Å². The van der Waals surface area contributed by atoms with Crippen molar-refractivity contribution in [3.05, 3.63) is 60.6 Å². The second-order valence-corrected chi connectivity index (χ2v) is 6.48. The smallest absolute Gasteiger partial charge is 0.226 e. The number of aryl methyl sites for hydroxylation is 1. The topological polar surface area (TPSA) is 91.8 Å². The van der Waals surface area contributed by atoms with Crippen LogP contribution in [0.2, 0.25) is 0 Å². The highest BCUT2D eigenvalue weighted by atomic mass is 16.1. The molecule has 0 aliphatic rings. The lowest BCUT2D eigenvalue weighted by molar-refractivity contribution is -0.118. The zero-order valence-corrected chi connectivity index (χ0v) is 15.5. The minimum atomic E-state index is -0.0577. The number of amides is 1. The third-order valence-corrected chi connectivity index (χ3v) is 3.79. The van der Waals surface area contributed by atoms with Gasteiger partial charge in [0.15, 0.2) is 0 Å². The van der Waals surface area contributed by atoms with E-state index in [0.717, 1.165) is 22.8 Å². The molecule has 0 aliphatic heterocycles. The van der Waals surface area contributed by atoms with Gasteiger partial charge in [-0.25, -0.2) is 15.0 Å². The maximum Gasteiger partial charge on any atom is 0.226 e. The van der Waals surface area contributed by atoms with Crippen LogP contribution in [0, 0.1) is 12.8 Å². The van der Waals surface area contributed by atoms with Gasteiger partial charge in [-0.2, -0.15) is 0 Å².